The lowest BCUT2D eigenvalue weighted by Gasteiger charge is -2.10. The summed E-state index contributed by atoms with van der Waals surface area (Å²) in [6, 6.07) is 11.1. The van der Waals surface area contributed by atoms with E-state index in [-0.39, 0.29) is 30.1 Å². The number of esters is 1. The Labute approximate surface area is 155 Å². The number of hydrogen-bond donors (Lipinski definition) is 2. The van der Waals surface area contributed by atoms with Crippen molar-refractivity contribution in [3.63, 3.8) is 0 Å². The van der Waals surface area contributed by atoms with Crippen molar-refractivity contribution in [2.24, 2.45) is 0 Å². The molecule has 0 atom stereocenters. The third-order valence-electron chi connectivity index (χ3n) is 3.96. The zero-order valence-electron chi connectivity index (χ0n) is 14.9. The van der Waals surface area contributed by atoms with Crippen LogP contribution in [-0.4, -0.2) is 20.9 Å². The number of ether oxygens (including phenoxy) is 1. The number of aryl methyl sites for hydroxylation is 1. The van der Waals surface area contributed by atoms with E-state index in [1.54, 1.807) is 12.1 Å². The van der Waals surface area contributed by atoms with Crippen LogP contribution in [0.1, 0.15) is 27.3 Å². The van der Waals surface area contributed by atoms with Crippen molar-refractivity contribution in [3.05, 3.63) is 70.8 Å². The fraction of sp³-hybridized carbons (Fsp3) is 0.158. The zero-order chi connectivity index (χ0) is 19.4. The van der Waals surface area contributed by atoms with Crippen LogP contribution in [0.25, 0.3) is 0 Å². The van der Waals surface area contributed by atoms with Crippen molar-refractivity contribution in [1.29, 1.82) is 0 Å². The van der Waals surface area contributed by atoms with Crippen molar-refractivity contribution in [1.82, 2.24) is 15.0 Å². The third kappa shape index (κ3) is 4.55. The second-order valence-corrected chi connectivity index (χ2v) is 5.89. The van der Waals surface area contributed by atoms with E-state index in [2.05, 4.69) is 20.3 Å². The molecule has 1 aromatic heterocycles. The Kier molecular flexibility index (Phi) is 5.25. The molecule has 3 rings (SSSR count). The number of aromatic nitrogens is 3. The van der Waals surface area contributed by atoms with Gasteiger partial charge in [0, 0.05) is 5.69 Å². The fourth-order valence-corrected chi connectivity index (χ4v) is 2.40. The first kappa shape index (κ1) is 18.2. The second-order valence-electron chi connectivity index (χ2n) is 5.89. The van der Waals surface area contributed by atoms with Gasteiger partial charge >= 0.3 is 5.97 Å². The number of hydrogen-bond acceptors (Lipinski definition) is 7. The predicted octanol–water partition coefficient (Wildman–Crippen LogP) is 3.31. The van der Waals surface area contributed by atoms with Gasteiger partial charge in [0.2, 0.25) is 11.9 Å². The predicted molar refractivity (Wildman–Crippen MR) is 99.0 cm³/mol. The first-order valence-corrected chi connectivity index (χ1v) is 8.19. The molecule has 0 amide bonds. The molecule has 0 spiro atoms. The Bertz CT molecular complexity index is 976. The Balaban J connectivity index is 1.71. The van der Waals surface area contributed by atoms with Gasteiger partial charge in [0.25, 0.3) is 0 Å². The number of halogens is 1. The molecule has 138 valence electrons. The third-order valence-corrected chi connectivity index (χ3v) is 3.96. The number of nitrogens with zero attached hydrogens (tertiary/aromatic N) is 3. The van der Waals surface area contributed by atoms with Gasteiger partial charge in [0.05, 0.1) is 5.56 Å². The van der Waals surface area contributed by atoms with Crippen LogP contribution in [-0.2, 0) is 11.3 Å². The van der Waals surface area contributed by atoms with Gasteiger partial charge < -0.3 is 15.8 Å². The number of rotatable bonds is 5. The summed E-state index contributed by atoms with van der Waals surface area (Å²) in [6.45, 7) is 3.63. The van der Waals surface area contributed by atoms with E-state index < -0.39 is 5.97 Å². The van der Waals surface area contributed by atoms with Gasteiger partial charge in [-0.1, -0.05) is 12.1 Å². The molecule has 3 N–H and O–H groups in total. The highest BCUT2D eigenvalue weighted by atomic mass is 19.1. The summed E-state index contributed by atoms with van der Waals surface area (Å²) in [5, 5.41) is 2.90. The Hall–Kier alpha value is -3.55. The van der Waals surface area contributed by atoms with Crippen LogP contribution in [0.5, 0.6) is 0 Å². The van der Waals surface area contributed by atoms with Crippen LogP contribution >= 0.6 is 0 Å². The molecule has 0 unspecified atom stereocenters. The van der Waals surface area contributed by atoms with E-state index in [0.29, 0.717) is 11.3 Å². The molecular formula is C19H18FN5O2. The van der Waals surface area contributed by atoms with E-state index in [1.807, 2.05) is 19.9 Å². The maximum atomic E-state index is 13.0. The lowest BCUT2D eigenvalue weighted by Crippen LogP contribution is -2.12. The van der Waals surface area contributed by atoms with Gasteiger partial charge in [-0.25, -0.2) is 9.18 Å². The molecule has 7 nitrogen and oxygen atoms in total. The zero-order valence-corrected chi connectivity index (χ0v) is 14.9. The Morgan fingerprint density at radius 1 is 1.11 bits per heavy atom. The van der Waals surface area contributed by atoms with Crippen molar-refractivity contribution in [2.75, 3.05) is 11.1 Å². The van der Waals surface area contributed by atoms with Crippen LogP contribution < -0.4 is 11.1 Å². The Morgan fingerprint density at radius 3 is 2.59 bits per heavy atom. The van der Waals surface area contributed by atoms with Crippen LogP contribution in [0.3, 0.4) is 0 Å². The average Bonchev–Trinajstić information content (AvgIpc) is 2.63. The summed E-state index contributed by atoms with van der Waals surface area (Å²) in [4.78, 5) is 24.4. The molecule has 2 aromatic carbocycles. The lowest BCUT2D eigenvalue weighted by molar-refractivity contribution is 0.0461. The van der Waals surface area contributed by atoms with E-state index in [4.69, 9.17) is 10.5 Å². The molecular weight excluding hydrogens is 349 g/mol. The van der Waals surface area contributed by atoms with Crippen molar-refractivity contribution < 1.29 is 13.9 Å². The molecule has 0 fully saturated rings. The maximum Gasteiger partial charge on any atom is 0.338 e. The summed E-state index contributed by atoms with van der Waals surface area (Å²) in [7, 11) is 0. The highest BCUT2D eigenvalue weighted by Crippen LogP contribution is 2.16. The molecule has 0 bridgehead atoms. The highest BCUT2D eigenvalue weighted by Gasteiger charge is 2.13. The normalized spacial score (nSPS) is 10.5. The number of nitrogens with two attached hydrogens (primary N) is 1. The molecule has 0 aliphatic carbocycles. The number of carbonyl (C=O) groups is 1. The van der Waals surface area contributed by atoms with Crippen LogP contribution in [0.15, 0.2) is 42.5 Å². The fourth-order valence-electron chi connectivity index (χ4n) is 2.40. The highest BCUT2D eigenvalue weighted by molar-refractivity contribution is 5.91. The van der Waals surface area contributed by atoms with Gasteiger partial charge in [-0.05, 0) is 55.3 Å². The standard InChI is InChI=1S/C19H18FN5O2/c1-11-4-3-5-15(12(11)2)17(26)27-10-16-23-18(21)25-19(24-16)22-14-8-6-13(20)7-9-14/h3-9H,10H2,1-2H3,(H3,21,22,23,24,25). The Morgan fingerprint density at radius 2 is 1.85 bits per heavy atom. The minimum absolute atomic E-state index is 0.0209. The minimum atomic E-state index is -0.469. The van der Waals surface area contributed by atoms with Crippen molar-refractivity contribution >= 4 is 23.6 Å². The van der Waals surface area contributed by atoms with E-state index >= 15 is 0 Å². The van der Waals surface area contributed by atoms with E-state index in [1.165, 1.54) is 24.3 Å². The lowest BCUT2D eigenvalue weighted by atomic mass is 10.0. The first-order chi connectivity index (χ1) is 12.9. The molecule has 0 radical (unpaired) electrons. The number of nitrogen functional groups attached to an aromatic ring is 1. The molecule has 27 heavy (non-hydrogen) atoms. The maximum absolute atomic E-state index is 13.0. The quantitative estimate of drug-likeness (QED) is 0.667. The summed E-state index contributed by atoms with van der Waals surface area (Å²) < 4.78 is 18.3. The summed E-state index contributed by atoms with van der Waals surface area (Å²) >= 11 is 0. The molecule has 8 heteroatoms. The van der Waals surface area contributed by atoms with Crippen LogP contribution in [0.2, 0.25) is 0 Å². The van der Waals surface area contributed by atoms with Gasteiger partial charge in [0.15, 0.2) is 12.4 Å². The number of anilines is 3. The monoisotopic (exact) mass is 367 g/mol. The van der Waals surface area contributed by atoms with Crippen LogP contribution in [0, 0.1) is 19.7 Å². The molecule has 0 saturated carbocycles. The minimum Gasteiger partial charge on any atom is -0.454 e. The molecule has 0 aliphatic rings. The molecule has 3 aromatic rings. The molecule has 0 saturated heterocycles. The number of nitrogens with one attached hydrogen (secondary N) is 1. The van der Waals surface area contributed by atoms with Gasteiger partial charge in [-0.2, -0.15) is 15.0 Å². The largest absolute Gasteiger partial charge is 0.454 e. The summed E-state index contributed by atoms with van der Waals surface area (Å²) in [5.74, 6) is -0.469. The number of carbonyl (C=O) groups excluding carboxylic acids is 1. The summed E-state index contributed by atoms with van der Waals surface area (Å²) in [5.41, 5.74) is 8.62. The van der Waals surface area contributed by atoms with Crippen LogP contribution in [0.4, 0.5) is 22.0 Å². The van der Waals surface area contributed by atoms with E-state index in [9.17, 15) is 9.18 Å². The van der Waals surface area contributed by atoms with Gasteiger partial charge in [-0.15, -0.1) is 0 Å². The second kappa shape index (κ2) is 7.77. The average molecular weight is 367 g/mol. The molecule has 1 heterocycles. The van der Waals surface area contributed by atoms with Crippen molar-refractivity contribution in [2.45, 2.75) is 20.5 Å². The smallest absolute Gasteiger partial charge is 0.338 e. The van der Waals surface area contributed by atoms with Gasteiger partial charge in [0.1, 0.15) is 5.82 Å². The van der Waals surface area contributed by atoms with E-state index in [0.717, 1.165) is 11.1 Å². The topological polar surface area (TPSA) is 103 Å². The molecule has 0 aliphatic heterocycles. The summed E-state index contributed by atoms with van der Waals surface area (Å²) in [6.07, 6.45) is 0. The van der Waals surface area contributed by atoms with Crippen molar-refractivity contribution in [3.8, 4) is 0 Å². The SMILES string of the molecule is Cc1cccc(C(=O)OCc2nc(N)nc(Nc3ccc(F)cc3)n2)c1C. The number of benzene rings is 2. The van der Waals surface area contributed by atoms with Gasteiger partial charge in [-0.3, -0.25) is 0 Å². The first-order valence-electron chi connectivity index (χ1n) is 8.19.